The summed E-state index contributed by atoms with van der Waals surface area (Å²) in [4.78, 5) is 26.4. The van der Waals surface area contributed by atoms with Crippen molar-refractivity contribution in [2.75, 3.05) is 21.0 Å². The fourth-order valence-electron chi connectivity index (χ4n) is 5.02. The minimum Gasteiger partial charge on any atom is -0.497 e. The highest BCUT2D eigenvalue weighted by atomic mass is 16.8. The number of rotatable bonds is 4. The van der Waals surface area contributed by atoms with Gasteiger partial charge in [-0.1, -0.05) is 19.1 Å². The molecule has 0 bridgehead atoms. The molecule has 0 spiro atoms. The predicted octanol–water partition coefficient (Wildman–Crippen LogP) is 4.43. The molecule has 2 aliphatic carbocycles. The van der Waals surface area contributed by atoms with Crippen LogP contribution in [0.1, 0.15) is 68.3 Å². The van der Waals surface area contributed by atoms with Crippen molar-refractivity contribution in [1.29, 1.82) is 0 Å². The van der Waals surface area contributed by atoms with Crippen LogP contribution in [0.4, 0.5) is 0 Å². The highest BCUT2D eigenvalue weighted by Gasteiger charge is 2.50. The van der Waals surface area contributed by atoms with E-state index in [1.54, 1.807) is 20.3 Å². The van der Waals surface area contributed by atoms with Gasteiger partial charge in [0.25, 0.3) is 0 Å². The van der Waals surface area contributed by atoms with Crippen molar-refractivity contribution >= 4 is 11.6 Å². The van der Waals surface area contributed by atoms with E-state index in [4.69, 9.17) is 23.7 Å². The second-order valence-electron chi connectivity index (χ2n) is 9.78. The monoisotopic (exact) mass is 458 g/mol. The molecule has 33 heavy (non-hydrogen) atoms. The Bertz CT molecular complexity index is 935. The molecule has 1 aromatic rings. The van der Waals surface area contributed by atoms with Crippen LogP contribution in [0.3, 0.4) is 0 Å². The lowest BCUT2D eigenvalue weighted by Gasteiger charge is -2.19. The number of allylic oxidation sites excluding steroid dienone is 2. The summed E-state index contributed by atoms with van der Waals surface area (Å²) in [5.74, 6) is 0.798. The van der Waals surface area contributed by atoms with Gasteiger partial charge in [0, 0.05) is 26.0 Å². The molecule has 4 rings (SSSR count). The molecule has 5 atom stereocenters. The van der Waals surface area contributed by atoms with E-state index in [1.165, 1.54) is 0 Å². The van der Waals surface area contributed by atoms with E-state index in [-0.39, 0.29) is 48.6 Å². The molecule has 3 aliphatic rings. The summed E-state index contributed by atoms with van der Waals surface area (Å²) in [6.45, 7) is 5.72. The number of fused-ring (bicyclic) bond motifs is 4. The standard InChI is InChI=1S/C26H34O7/c1-15-7-6-8-20(27)25-23(32-26(2,3)33-25)11-16-10-18(16)19-12-17(30-5)13-22(31-14-29-4)24(19)21(28)9-15/h6-7,12-13,15-16,18,23,25H,8-11,14H2,1-5H3/t15-,16?,18?,23-,25+/m0/s1. The number of hydrogen-bond acceptors (Lipinski definition) is 7. The lowest BCUT2D eigenvalue weighted by molar-refractivity contribution is -0.154. The molecule has 1 saturated carbocycles. The Morgan fingerprint density at radius 1 is 1.12 bits per heavy atom. The Kier molecular flexibility index (Phi) is 6.93. The van der Waals surface area contributed by atoms with Gasteiger partial charge in [-0.25, -0.2) is 0 Å². The molecule has 2 unspecified atom stereocenters. The number of carbonyl (C=O) groups is 2. The first-order valence-corrected chi connectivity index (χ1v) is 11.6. The topological polar surface area (TPSA) is 80.3 Å². The number of benzene rings is 1. The number of ether oxygens (including phenoxy) is 5. The average Bonchev–Trinajstić information content (AvgIpc) is 3.45. The smallest absolute Gasteiger partial charge is 0.188 e. The van der Waals surface area contributed by atoms with Gasteiger partial charge >= 0.3 is 0 Å². The van der Waals surface area contributed by atoms with Gasteiger partial charge < -0.3 is 23.7 Å². The average molecular weight is 459 g/mol. The largest absolute Gasteiger partial charge is 0.497 e. The molecule has 1 heterocycles. The Hall–Kier alpha value is -2.22. The van der Waals surface area contributed by atoms with Crippen LogP contribution in [0, 0.1) is 11.8 Å². The summed E-state index contributed by atoms with van der Waals surface area (Å²) in [5.41, 5.74) is 1.54. The van der Waals surface area contributed by atoms with E-state index in [1.807, 2.05) is 39.0 Å². The maximum atomic E-state index is 13.5. The second kappa shape index (κ2) is 9.57. The highest BCUT2D eigenvalue weighted by molar-refractivity contribution is 6.01. The van der Waals surface area contributed by atoms with Crippen molar-refractivity contribution in [1.82, 2.24) is 0 Å². The predicted molar refractivity (Wildman–Crippen MR) is 122 cm³/mol. The third-order valence-corrected chi connectivity index (χ3v) is 6.60. The SMILES string of the molecule is COCOc1cc(OC)cc2c1C(=O)C[C@@H](C)C=CCC(=O)[C@H]1OC(C)(C)O[C@H]1CC1CC21. The summed E-state index contributed by atoms with van der Waals surface area (Å²) in [6.07, 6.45) is 5.09. The molecule has 0 radical (unpaired) electrons. The highest BCUT2D eigenvalue weighted by Crippen LogP contribution is 2.54. The minimum absolute atomic E-state index is 0.0180. The molecule has 0 N–H and O–H groups in total. The van der Waals surface area contributed by atoms with E-state index in [0.717, 1.165) is 12.0 Å². The first-order valence-electron chi connectivity index (χ1n) is 11.6. The summed E-state index contributed by atoms with van der Waals surface area (Å²) in [5, 5.41) is 0. The van der Waals surface area contributed by atoms with E-state index in [0.29, 0.717) is 29.9 Å². The van der Waals surface area contributed by atoms with Gasteiger partial charge in [-0.3, -0.25) is 9.59 Å². The molecule has 1 aliphatic heterocycles. The molecule has 7 nitrogen and oxygen atoms in total. The van der Waals surface area contributed by atoms with Crippen molar-refractivity contribution in [3.05, 3.63) is 35.4 Å². The number of Topliss-reactive ketones (excluding diaryl/α,β-unsaturated/α-hetero) is 2. The van der Waals surface area contributed by atoms with E-state index in [2.05, 4.69) is 0 Å². The van der Waals surface area contributed by atoms with Crippen LogP contribution in [0.5, 0.6) is 11.5 Å². The molecule has 180 valence electrons. The van der Waals surface area contributed by atoms with Crippen molar-refractivity contribution < 1.29 is 33.3 Å². The van der Waals surface area contributed by atoms with Gasteiger partial charge in [-0.05, 0) is 56.1 Å². The van der Waals surface area contributed by atoms with Gasteiger partial charge in [0.1, 0.15) is 17.6 Å². The van der Waals surface area contributed by atoms with Gasteiger partial charge in [-0.2, -0.15) is 0 Å². The van der Waals surface area contributed by atoms with Crippen LogP contribution in [0.25, 0.3) is 0 Å². The van der Waals surface area contributed by atoms with Gasteiger partial charge in [0.05, 0.1) is 18.8 Å². The van der Waals surface area contributed by atoms with Crippen molar-refractivity contribution in [3.63, 3.8) is 0 Å². The number of hydrogen-bond donors (Lipinski definition) is 0. The molecular weight excluding hydrogens is 424 g/mol. The zero-order valence-corrected chi connectivity index (χ0v) is 20.1. The van der Waals surface area contributed by atoms with Crippen LogP contribution in [-0.4, -0.2) is 50.6 Å². The second-order valence-corrected chi connectivity index (χ2v) is 9.78. The maximum absolute atomic E-state index is 13.5. The molecule has 7 heteroatoms. The molecular formula is C26H34O7. The zero-order chi connectivity index (χ0) is 23.8. The fourth-order valence-corrected chi connectivity index (χ4v) is 5.02. The van der Waals surface area contributed by atoms with Crippen LogP contribution >= 0.6 is 0 Å². The third-order valence-electron chi connectivity index (χ3n) is 6.60. The summed E-state index contributed by atoms with van der Waals surface area (Å²) in [6, 6.07) is 3.70. The number of methoxy groups -OCH3 is 2. The molecule has 0 amide bonds. The molecule has 2 fully saturated rings. The summed E-state index contributed by atoms with van der Waals surface area (Å²) < 4.78 is 28.6. The molecule has 0 aromatic heterocycles. The fraction of sp³-hybridized carbons (Fsp3) is 0.615. The summed E-state index contributed by atoms with van der Waals surface area (Å²) in [7, 11) is 3.15. The quantitative estimate of drug-likeness (QED) is 0.488. The number of ketones is 2. The van der Waals surface area contributed by atoms with Crippen LogP contribution in [0.15, 0.2) is 24.3 Å². The Balaban J connectivity index is 1.72. The minimum atomic E-state index is -0.793. The van der Waals surface area contributed by atoms with Crippen molar-refractivity contribution in [2.45, 2.75) is 70.4 Å². The first-order chi connectivity index (χ1) is 15.7. The molecule has 1 saturated heterocycles. The lowest BCUT2D eigenvalue weighted by Crippen LogP contribution is -2.31. The van der Waals surface area contributed by atoms with Gasteiger partial charge in [-0.15, -0.1) is 0 Å². The first kappa shape index (κ1) is 23.9. The van der Waals surface area contributed by atoms with Crippen LogP contribution in [-0.2, 0) is 19.0 Å². The third kappa shape index (κ3) is 5.31. The van der Waals surface area contributed by atoms with Gasteiger partial charge in [0.2, 0.25) is 0 Å². The summed E-state index contributed by atoms with van der Waals surface area (Å²) >= 11 is 0. The van der Waals surface area contributed by atoms with Crippen LogP contribution in [0.2, 0.25) is 0 Å². The van der Waals surface area contributed by atoms with Gasteiger partial charge in [0.15, 0.2) is 24.1 Å². The lowest BCUT2D eigenvalue weighted by atomic mass is 9.90. The van der Waals surface area contributed by atoms with Crippen molar-refractivity contribution in [2.24, 2.45) is 11.8 Å². The van der Waals surface area contributed by atoms with Crippen molar-refractivity contribution in [3.8, 4) is 11.5 Å². The normalized spacial score (nSPS) is 31.2. The molecule has 1 aromatic carbocycles. The number of carbonyl (C=O) groups excluding carboxylic acids is 2. The van der Waals surface area contributed by atoms with E-state index >= 15 is 0 Å². The van der Waals surface area contributed by atoms with Crippen LogP contribution < -0.4 is 9.47 Å². The Morgan fingerprint density at radius 3 is 2.64 bits per heavy atom. The Morgan fingerprint density at radius 2 is 1.91 bits per heavy atom. The van der Waals surface area contributed by atoms with E-state index < -0.39 is 11.9 Å². The van der Waals surface area contributed by atoms with E-state index in [9.17, 15) is 9.59 Å². The Labute approximate surface area is 195 Å². The zero-order valence-electron chi connectivity index (χ0n) is 20.1. The maximum Gasteiger partial charge on any atom is 0.188 e.